The van der Waals surface area contributed by atoms with Crippen molar-refractivity contribution in [3.05, 3.63) is 99.1 Å². The second-order valence-corrected chi connectivity index (χ2v) is 8.18. The smallest absolute Gasteiger partial charge is 0.291 e. The van der Waals surface area contributed by atoms with E-state index in [1.165, 1.54) is 6.07 Å². The molecule has 0 radical (unpaired) electrons. The standard InChI is InChI=1S/C25H18ClN3O4/c26-17-11-16(24(31)13-22(17)29(32)33)20-12-21(28-19-8-4-3-7-18(19)27-20)25-15-6-2-1-5-14(15)9-10-23(25)30/h1-11,13,20,27,30-31H,12H2. The molecule has 0 aliphatic carbocycles. The summed E-state index contributed by atoms with van der Waals surface area (Å²) < 4.78 is 0. The highest BCUT2D eigenvalue weighted by atomic mass is 35.5. The number of hydrogen-bond acceptors (Lipinski definition) is 6. The van der Waals surface area contributed by atoms with Crippen molar-refractivity contribution in [1.29, 1.82) is 0 Å². The molecule has 3 N–H and O–H groups in total. The Morgan fingerprint density at radius 3 is 2.58 bits per heavy atom. The fraction of sp³-hybridized carbons (Fsp3) is 0.0800. The van der Waals surface area contributed by atoms with E-state index in [1.807, 2.05) is 54.6 Å². The van der Waals surface area contributed by atoms with E-state index in [-0.39, 0.29) is 28.6 Å². The lowest BCUT2D eigenvalue weighted by Crippen LogP contribution is -2.15. The molecule has 33 heavy (non-hydrogen) atoms. The van der Waals surface area contributed by atoms with Crippen molar-refractivity contribution in [3.63, 3.8) is 0 Å². The molecule has 0 spiro atoms. The van der Waals surface area contributed by atoms with E-state index in [0.717, 1.165) is 22.5 Å². The first-order valence-corrected chi connectivity index (χ1v) is 10.6. The number of para-hydroxylation sites is 2. The first-order chi connectivity index (χ1) is 15.9. The van der Waals surface area contributed by atoms with Gasteiger partial charge in [-0.15, -0.1) is 0 Å². The van der Waals surface area contributed by atoms with Crippen molar-refractivity contribution in [2.45, 2.75) is 12.5 Å². The summed E-state index contributed by atoms with van der Waals surface area (Å²) in [6, 6.07) is 20.6. The molecule has 5 rings (SSSR count). The molecule has 8 heteroatoms. The quantitative estimate of drug-likeness (QED) is 0.239. The largest absolute Gasteiger partial charge is 0.507 e. The van der Waals surface area contributed by atoms with Gasteiger partial charge in [0.15, 0.2) is 0 Å². The molecule has 0 aromatic heterocycles. The summed E-state index contributed by atoms with van der Waals surface area (Å²) in [6.07, 6.45) is 0.290. The number of nitrogens with zero attached hydrogens (tertiary/aromatic N) is 2. The van der Waals surface area contributed by atoms with Crippen molar-refractivity contribution in [1.82, 2.24) is 0 Å². The third-order valence-corrected chi connectivity index (χ3v) is 6.05. The number of aliphatic imine (C=N–C) groups is 1. The molecule has 0 fully saturated rings. The number of nitro benzene ring substituents is 1. The van der Waals surface area contributed by atoms with Crippen LogP contribution >= 0.6 is 11.6 Å². The first-order valence-electron chi connectivity index (χ1n) is 10.2. The maximum absolute atomic E-state index is 11.2. The maximum atomic E-state index is 11.2. The lowest BCUT2D eigenvalue weighted by atomic mass is 9.93. The van der Waals surface area contributed by atoms with Crippen molar-refractivity contribution in [3.8, 4) is 11.5 Å². The Morgan fingerprint density at radius 1 is 1.00 bits per heavy atom. The van der Waals surface area contributed by atoms with Crippen LogP contribution in [0.4, 0.5) is 17.1 Å². The molecule has 0 bridgehead atoms. The lowest BCUT2D eigenvalue weighted by molar-refractivity contribution is -0.384. The molecule has 1 aliphatic heterocycles. The molecule has 0 amide bonds. The van der Waals surface area contributed by atoms with Gasteiger partial charge >= 0.3 is 0 Å². The number of anilines is 1. The second-order valence-electron chi connectivity index (χ2n) is 7.78. The van der Waals surface area contributed by atoms with Gasteiger partial charge in [0, 0.05) is 17.5 Å². The number of hydrogen-bond donors (Lipinski definition) is 3. The highest BCUT2D eigenvalue weighted by Crippen LogP contribution is 2.42. The van der Waals surface area contributed by atoms with E-state index in [9.17, 15) is 20.3 Å². The summed E-state index contributed by atoms with van der Waals surface area (Å²) in [5.74, 6) is -0.152. The SMILES string of the molecule is O=[N+]([O-])c1cc(O)c(C2CC(c3c(O)ccc4ccccc34)=Nc3ccccc3N2)cc1Cl. The number of nitrogens with one attached hydrogen (secondary N) is 1. The minimum Gasteiger partial charge on any atom is -0.507 e. The molecule has 164 valence electrons. The van der Waals surface area contributed by atoms with Crippen LogP contribution in [0.15, 0.2) is 77.8 Å². The Bertz CT molecular complexity index is 1450. The number of benzene rings is 4. The zero-order chi connectivity index (χ0) is 23.1. The van der Waals surface area contributed by atoms with Gasteiger partial charge in [-0.1, -0.05) is 54.1 Å². The molecule has 0 saturated heterocycles. The Kier molecular flexibility index (Phi) is 5.11. The van der Waals surface area contributed by atoms with Gasteiger partial charge in [-0.3, -0.25) is 15.1 Å². The van der Waals surface area contributed by atoms with E-state index >= 15 is 0 Å². The number of phenols is 2. The van der Waals surface area contributed by atoms with E-state index in [0.29, 0.717) is 22.5 Å². The average Bonchev–Trinajstić information content (AvgIpc) is 2.99. The number of phenolic OH excluding ortho intramolecular Hbond substituents is 2. The van der Waals surface area contributed by atoms with Crippen LogP contribution in [-0.2, 0) is 0 Å². The van der Waals surface area contributed by atoms with Gasteiger partial charge in [0.25, 0.3) is 5.69 Å². The van der Waals surface area contributed by atoms with Crippen LogP contribution in [0, 0.1) is 10.1 Å². The molecule has 4 aromatic rings. The summed E-state index contributed by atoms with van der Waals surface area (Å²) in [5, 5.41) is 37.8. The van der Waals surface area contributed by atoms with Gasteiger partial charge in [0.05, 0.1) is 34.1 Å². The van der Waals surface area contributed by atoms with E-state index in [2.05, 4.69) is 5.32 Å². The summed E-state index contributed by atoms with van der Waals surface area (Å²) in [7, 11) is 0. The molecule has 4 aromatic carbocycles. The van der Waals surface area contributed by atoms with Crippen LogP contribution in [-0.4, -0.2) is 20.8 Å². The Balaban J connectivity index is 1.70. The van der Waals surface area contributed by atoms with Crippen LogP contribution in [0.5, 0.6) is 11.5 Å². The van der Waals surface area contributed by atoms with Crippen molar-refractivity contribution in [2.75, 3.05) is 5.32 Å². The predicted octanol–water partition coefficient (Wildman–Crippen LogP) is 6.49. The maximum Gasteiger partial charge on any atom is 0.291 e. The Morgan fingerprint density at radius 2 is 1.76 bits per heavy atom. The van der Waals surface area contributed by atoms with E-state index < -0.39 is 11.0 Å². The van der Waals surface area contributed by atoms with Gasteiger partial charge in [0.1, 0.15) is 16.5 Å². The highest BCUT2D eigenvalue weighted by molar-refractivity contribution is 6.32. The fourth-order valence-corrected chi connectivity index (χ4v) is 4.45. The molecular weight excluding hydrogens is 442 g/mol. The zero-order valence-electron chi connectivity index (χ0n) is 17.2. The monoisotopic (exact) mass is 459 g/mol. The molecule has 1 aliphatic rings. The third kappa shape index (κ3) is 3.72. The third-order valence-electron chi connectivity index (χ3n) is 5.75. The lowest BCUT2D eigenvalue weighted by Gasteiger charge is -2.21. The van der Waals surface area contributed by atoms with Gasteiger partial charge in [0.2, 0.25) is 0 Å². The Hall–Kier alpha value is -4.10. The van der Waals surface area contributed by atoms with E-state index in [1.54, 1.807) is 6.07 Å². The van der Waals surface area contributed by atoms with Gasteiger partial charge in [-0.25, -0.2) is 0 Å². The van der Waals surface area contributed by atoms with Crippen LogP contribution in [0.2, 0.25) is 5.02 Å². The summed E-state index contributed by atoms with van der Waals surface area (Å²) in [5.41, 5.74) is 2.65. The molecule has 1 atom stereocenters. The molecule has 0 saturated carbocycles. The van der Waals surface area contributed by atoms with Gasteiger partial charge in [-0.05, 0) is 35.0 Å². The van der Waals surface area contributed by atoms with Gasteiger partial charge in [-0.2, -0.15) is 0 Å². The van der Waals surface area contributed by atoms with Crippen molar-refractivity contribution >= 4 is 45.1 Å². The summed E-state index contributed by atoms with van der Waals surface area (Å²) >= 11 is 6.16. The number of rotatable bonds is 3. The van der Waals surface area contributed by atoms with Gasteiger partial charge < -0.3 is 15.5 Å². The topological polar surface area (TPSA) is 108 Å². The van der Waals surface area contributed by atoms with Crippen LogP contribution in [0.3, 0.4) is 0 Å². The normalized spacial score (nSPS) is 15.3. The van der Waals surface area contributed by atoms with Crippen molar-refractivity contribution in [2.24, 2.45) is 4.99 Å². The summed E-state index contributed by atoms with van der Waals surface area (Å²) in [6.45, 7) is 0. The van der Waals surface area contributed by atoms with Crippen molar-refractivity contribution < 1.29 is 15.1 Å². The van der Waals surface area contributed by atoms with Crippen LogP contribution in [0.25, 0.3) is 10.8 Å². The number of nitro groups is 1. The number of fused-ring (bicyclic) bond motifs is 2. The number of halogens is 1. The molecule has 7 nitrogen and oxygen atoms in total. The zero-order valence-corrected chi connectivity index (χ0v) is 18.0. The van der Waals surface area contributed by atoms with E-state index in [4.69, 9.17) is 16.6 Å². The molecule has 1 heterocycles. The van der Waals surface area contributed by atoms with Crippen LogP contribution < -0.4 is 5.32 Å². The predicted molar refractivity (Wildman–Crippen MR) is 129 cm³/mol. The average molecular weight is 460 g/mol. The fourth-order valence-electron chi connectivity index (χ4n) is 4.21. The Labute approximate surface area is 193 Å². The first kappa shape index (κ1) is 20.8. The minimum atomic E-state index is -0.636. The molecule has 1 unspecified atom stereocenters. The second kappa shape index (κ2) is 8.11. The molecular formula is C25H18ClN3O4. The minimum absolute atomic E-state index is 0.0707. The highest BCUT2D eigenvalue weighted by Gasteiger charge is 2.27. The van der Waals surface area contributed by atoms with Crippen LogP contribution in [0.1, 0.15) is 23.6 Å². The number of aromatic hydroxyl groups is 2. The summed E-state index contributed by atoms with van der Waals surface area (Å²) in [4.78, 5) is 15.5.